The second-order valence-corrected chi connectivity index (χ2v) is 12.4. The van der Waals surface area contributed by atoms with Gasteiger partial charge in [-0.25, -0.2) is 19.1 Å². The number of nitrogens with zero attached hydrogens (tertiary/aromatic N) is 5. The second kappa shape index (κ2) is 11.3. The number of ether oxygens (including phenoxy) is 2. The Bertz CT molecular complexity index is 1850. The molecule has 0 radical (unpaired) electrons. The molecule has 0 bridgehead atoms. The molecule has 2 atom stereocenters. The first-order valence-electron chi connectivity index (χ1n) is 14.8. The first kappa shape index (κ1) is 29.2. The van der Waals surface area contributed by atoms with Crippen LogP contribution in [-0.4, -0.2) is 69.4 Å². The quantitative estimate of drug-likeness (QED) is 0.212. The first-order chi connectivity index (χ1) is 21.0. The molecule has 6 rings (SSSR count). The molecule has 226 valence electrons. The van der Waals surface area contributed by atoms with Crippen LogP contribution in [0.1, 0.15) is 45.0 Å². The summed E-state index contributed by atoms with van der Waals surface area (Å²) in [6.07, 6.45) is 5.40. The van der Waals surface area contributed by atoms with E-state index in [0.717, 1.165) is 44.4 Å². The summed E-state index contributed by atoms with van der Waals surface area (Å²) < 4.78 is 12.4. The van der Waals surface area contributed by atoms with Crippen LogP contribution in [0.3, 0.4) is 0 Å². The van der Waals surface area contributed by atoms with Crippen molar-refractivity contribution in [1.29, 1.82) is 0 Å². The maximum atomic E-state index is 12.7. The largest absolute Gasteiger partial charge is 0.465 e. The Morgan fingerprint density at radius 3 is 2.18 bits per heavy atom. The lowest BCUT2D eigenvalue weighted by Gasteiger charge is -2.45. The predicted octanol–water partition coefficient (Wildman–Crippen LogP) is 6.84. The monoisotopic (exact) mass is 591 g/mol. The van der Waals surface area contributed by atoms with Gasteiger partial charge >= 0.3 is 12.1 Å². The zero-order valence-corrected chi connectivity index (χ0v) is 25.9. The van der Waals surface area contributed by atoms with Crippen LogP contribution in [0.2, 0.25) is 0 Å². The van der Waals surface area contributed by atoms with Gasteiger partial charge in [0.2, 0.25) is 0 Å². The summed E-state index contributed by atoms with van der Waals surface area (Å²) in [7, 11) is 1.39. The summed E-state index contributed by atoms with van der Waals surface area (Å²) in [6, 6.07) is 20.2. The molecule has 1 aliphatic heterocycles. The lowest BCUT2D eigenvalue weighted by molar-refractivity contribution is 0.0192. The fourth-order valence-electron chi connectivity index (χ4n) is 6.17. The van der Waals surface area contributed by atoms with Crippen molar-refractivity contribution in [3.8, 4) is 22.3 Å². The van der Waals surface area contributed by atoms with E-state index in [4.69, 9.17) is 14.5 Å². The minimum absolute atomic E-state index is 0.135. The first-order valence-corrected chi connectivity index (χ1v) is 14.8. The van der Waals surface area contributed by atoms with Crippen molar-refractivity contribution in [3.63, 3.8) is 0 Å². The number of piperazine rings is 1. The van der Waals surface area contributed by atoms with Gasteiger partial charge in [0.25, 0.3) is 0 Å². The highest BCUT2D eigenvalue weighted by Gasteiger charge is 2.34. The van der Waals surface area contributed by atoms with Crippen LogP contribution < -0.4 is 4.90 Å². The molecule has 0 spiro atoms. The van der Waals surface area contributed by atoms with Gasteiger partial charge in [0.15, 0.2) is 5.65 Å². The van der Waals surface area contributed by atoms with E-state index in [1.54, 1.807) is 15.5 Å². The molecule has 44 heavy (non-hydrogen) atoms. The summed E-state index contributed by atoms with van der Waals surface area (Å²) in [5.41, 5.74) is 5.65. The summed E-state index contributed by atoms with van der Waals surface area (Å²) in [4.78, 5) is 34.0. The van der Waals surface area contributed by atoms with Gasteiger partial charge in [-0.2, -0.15) is 5.10 Å². The van der Waals surface area contributed by atoms with Crippen LogP contribution in [0, 0.1) is 0 Å². The van der Waals surface area contributed by atoms with E-state index in [0.29, 0.717) is 18.7 Å². The Labute approximate surface area is 257 Å². The van der Waals surface area contributed by atoms with E-state index in [9.17, 15) is 9.59 Å². The Balaban J connectivity index is 1.24. The highest BCUT2D eigenvalue weighted by molar-refractivity contribution is 6.10. The number of hydrogen-bond acceptors (Lipinski definition) is 7. The molecule has 9 heteroatoms. The summed E-state index contributed by atoms with van der Waals surface area (Å²) in [5.74, 6) is -0.367. The Morgan fingerprint density at radius 1 is 0.841 bits per heavy atom. The lowest BCUT2D eigenvalue weighted by atomic mass is 9.96. The average molecular weight is 592 g/mol. The standard InChI is InChI=1S/C35H37N5O4/c1-22-19-38(34(42)44-35(3,4)5)20-23(2)40(22)26-13-11-24(12-14-26)25-17-36-32-31(18-37-39(32)21-25)29-15-16-30(33(41)43-6)28-10-8-7-9-27(28)29/h7-18,21-23H,19-20H2,1-6H3/t22-,23+. The number of methoxy groups -OCH3 is 1. The van der Waals surface area contributed by atoms with Gasteiger partial charge in [-0.1, -0.05) is 42.5 Å². The number of aromatic nitrogens is 3. The molecule has 1 amide bonds. The number of benzene rings is 3. The van der Waals surface area contributed by atoms with Gasteiger partial charge in [0, 0.05) is 54.4 Å². The minimum Gasteiger partial charge on any atom is -0.465 e. The van der Waals surface area contributed by atoms with Crippen molar-refractivity contribution in [1.82, 2.24) is 19.5 Å². The molecule has 0 aliphatic carbocycles. The summed E-state index contributed by atoms with van der Waals surface area (Å²) in [5, 5.41) is 6.38. The molecule has 0 N–H and O–H groups in total. The molecule has 1 saturated heterocycles. The van der Waals surface area contributed by atoms with Gasteiger partial charge in [-0.15, -0.1) is 0 Å². The molecule has 0 unspecified atom stereocenters. The van der Waals surface area contributed by atoms with Crippen LogP contribution in [0.4, 0.5) is 10.5 Å². The van der Waals surface area contributed by atoms with E-state index >= 15 is 0 Å². The van der Waals surface area contributed by atoms with Crippen molar-refractivity contribution < 1.29 is 19.1 Å². The molecule has 9 nitrogen and oxygen atoms in total. The van der Waals surface area contributed by atoms with E-state index < -0.39 is 5.60 Å². The molecular formula is C35H37N5O4. The van der Waals surface area contributed by atoms with Crippen molar-refractivity contribution >= 4 is 34.2 Å². The van der Waals surface area contributed by atoms with Crippen molar-refractivity contribution in [2.24, 2.45) is 0 Å². The number of anilines is 1. The molecule has 0 saturated carbocycles. The highest BCUT2D eigenvalue weighted by atomic mass is 16.6. The maximum absolute atomic E-state index is 12.7. The molecule has 5 aromatic rings. The number of amides is 1. The van der Waals surface area contributed by atoms with Gasteiger partial charge in [0.05, 0.1) is 18.9 Å². The Hall–Kier alpha value is -4.92. The van der Waals surface area contributed by atoms with Crippen LogP contribution in [-0.2, 0) is 9.47 Å². The smallest absolute Gasteiger partial charge is 0.410 e. The van der Waals surface area contributed by atoms with Gasteiger partial charge < -0.3 is 19.3 Å². The lowest BCUT2D eigenvalue weighted by Crippen LogP contribution is -2.58. The van der Waals surface area contributed by atoms with Gasteiger partial charge in [-0.3, -0.25) is 0 Å². The van der Waals surface area contributed by atoms with Crippen LogP contribution >= 0.6 is 0 Å². The van der Waals surface area contributed by atoms with Crippen molar-refractivity contribution in [2.45, 2.75) is 52.3 Å². The summed E-state index contributed by atoms with van der Waals surface area (Å²) >= 11 is 0. The summed E-state index contributed by atoms with van der Waals surface area (Å²) in [6.45, 7) is 11.2. The Kier molecular flexibility index (Phi) is 7.49. The predicted molar refractivity (Wildman–Crippen MR) is 172 cm³/mol. The molecular weight excluding hydrogens is 554 g/mol. The fraction of sp³-hybridized carbons (Fsp3) is 0.314. The second-order valence-electron chi connectivity index (χ2n) is 12.4. The normalized spacial score (nSPS) is 17.2. The maximum Gasteiger partial charge on any atom is 0.410 e. The number of hydrogen-bond donors (Lipinski definition) is 0. The molecule has 3 heterocycles. The third kappa shape index (κ3) is 5.45. The number of fused-ring (bicyclic) bond motifs is 2. The molecule has 1 fully saturated rings. The Morgan fingerprint density at radius 2 is 1.52 bits per heavy atom. The van der Waals surface area contributed by atoms with E-state index in [1.807, 2.05) is 69.7 Å². The number of carbonyl (C=O) groups excluding carboxylic acids is 2. The minimum atomic E-state index is -0.516. The van der Waals surface area contributed by atoms with Crippen LogP contribution in [0.15, 0.2) is 79.3 Å². The van der Waals surface area contributed by atoms with Crippen molar-refractivity contribution in [3.05, 3.63) is 84.8 Å². The number of carbonyl (C=O) groups is 2. The van der Waals surface area contributed by atoms with Gasteiger partial charge in [-0.05, 0) is 74.7 Å². The van der Waals surface area contributed by atoms with Crippen molar-refractivity contribution in [2.75, 3.05) is 25.1 Å². The van der Waals surface area contributed by atoms with Gasteiger partial charge in [0.1, 0.15) is 5.60 Å². The SMILES string of the molecule is COC(=O)c1ccc(-c2cnn3cc(-c4ccc(N5[C@H](C)CN(C(=O)OC(C)(C)C)C[C@@H]5C)cc4)cnc23)c2ccccc12. The average Bonchev–Trinajstić information content (AvgIpc) is 3.42. The highest BCUT2D eigenvalue weighted by Crippen LogP contribution is 2.34. The third-order valence-electron chi connectivity index (χ3n) is 8.05. The topological polar surface area (TPSA) is 89.3 Å². The molecule has 1 aliphatic rings. The van der Waals surface area contributed by atoms with E-state index in [2.05, 4.69) is 48.1 Å². The zero-order valence-electron chi connectivity index (χ0n) is 25.9. The number of esters is 1. The zero-order chi connectivity index (χ0) is 31.2. The number of rotatable bonds is 4. The van der Waals surface area contributed by atoms with E-state index in [-0.39, 0.29) is 24.1 Å². The third-order valence-corrected chi connectivity index (χ3v) is 8.05. The van der Waals surface area contributed by atoms with E-state index in [1.165, 1.54) is 7.11 Å². The molecule has 3 aromatic carbocycles. The van der Waals surface area contributed by atoms with Crippen LogP contribution in [0.25, 0.3) is 38.7 Å². The fourth-order valence-corrected chi connectivity index (χ4v) is 6.17. The van der Waals surface area contributed by atoms with Crippen LogP contribution in [0.5, 0.6) is 0 Å². The molecule has 2 aromatic heterocycles.